The van der Waals surface area contributed by atoms with Gasteiger partial charge < -0.3 is 14.2 Å². The highest BCUT2D eigenvalue weighted by Gasteiger charge is 2.09. The van der Waals surface area contributed by atoms with Crippen LogP contribution in [-0.2, 0) is 9.53 Å². The third-order valence-corrected chi connectivity index (χ3v) is 2.63. The fourth-order valence-electron chi connectivity index (χ4n) is 1.46. The predicted molar refractivity (Wildman–Crippen MR) is 74.3 cm³/mol. The van der Waals surface area contributed by atoms with Crippen molar-refractivity contribution in [3.05, 3.63) is 23.8 Å². The number of aldehydes is 1. The Labute approximate surface area is 118 Å². The summed E-state index contributed by atoms with van der Waals surface area (Å²) < 4.78 is 15.5. The van der Waals surface area contributed by atoms with Crippen LogP contribution in [-0.4, -0.2) is 32.6 Å². The number of ether oxygens (including phenoxy) is 3. The van der Waals surface area contributed by atoms with Crippen LogP contribution in [0.5, 0.6) is 11.5 Å². The van der Waals surface area contributed by atoms with Crippen molar-refractivity contribution < 1.29 is 23.8 Å². The zero-order chi connectivity index (χ0) is 15.0. The van der Waals surface area contributed by atoms with Gasteiger partial charge in [0.25, 0.3) is 0 Å². The van der Waals surface area contributed by atoms with E-state index in [4.69, 9.17) is 14.2 Å². The third-order valence-electron chi connectivity index (χ3n) is 2.63. The molecule has 0 bridgehead atoms. The second-order valence-corrected chi connectivity index (χ2v) is 4.72. The average molecular weight is 280 g/mol. The van der Waals surface area contributed by atoms with Crippen molar-refractivity contribution in [2.45, 2.75) is 20.3 Å². The van der Waals surface area contributed by atoms with Crippen LogP contribution in [0.4, 0.5) is 0 Å². The van der Waals surface area contributed by atoms with E-state index < -0.39 is 5.97 Å². The first-order valence-corrected chi connectivity index (χ1v) is 6.48. The molecule has 0 amide bonds. The maximum atomic E-state index is 11.5. The lowest BCUT2D eigenvalue weighted by molar-refractivity contribution is -0.146. The average Bonchev–Trinajstić information content (AvgIpc) is 2.44. The summed E-state index contributed by atoms with van der Waals surface area (Å²) in [7, 11) is 1.47. The summed E-state index contributed by atoms with van der Waals surface area (Å²) in [6, 6.07) is 4.73. The molecule has 0 spiro atoms. The fourth-order valence-corrected chi connectivity index (χ4v) is 1.46. The molecule has 110 valence electrons. The maximum Gasteiger partial charge on any atom is 0.344 e. The first-order valence-electron chi connectivity index (χ1n) is 6.48. The van der Waals surface area contributed by atoms with Gasteiger partial charge in [0, 0.05) is 5.56 Å². The van der Waals surface area contributed by atoms with E-state index in [0.29, 0.717) is 35.9 Å². The van der Waals surface area contributed by atoms with E-state index in [-0.39, 0.29) is 6.61 Å². The summed E-state index contributed by atoms with van der Waals surface area (Å²) in [5.41, 5.74) is 0.480. The van der Waals surface area contributed by atoms with E-state index in [2.05, 4.69) is 13.8 Å². The van der Waals surface area contributed by atoms with Crippen LogP contribution in [0.3, 0.4) is 0 Å². The Morgan fingerprint density at radius 2 is 2.05 bits per heavy atom. The Morgan fingerprint density at radius 1 is 1.30 bits per heavy atom. The summed E-state index contributed by atoms with van der Waals surface area (Å²) in [5, 5.41) is 0. The Bertz CT molecular complexity index is 454. The van der Waals surface area contributed by atoms with Crippen LogP contribution >= 0.6 is 0 Å². The summed E-state index contributed by atoms with van der Waals surface area (Å²) in [5.74, 6) is 0.871. The van der Waals surface area contributed by atoms with Crippen LogP contribution in [0.25, 0.3) is 0 Å². The van der Waals surface area contributed by atoms with Gasteiger partial charge in [0.1, 0.15) is 6.29 Å². The maximum absolute atomic E-state index is 11.5. The standard InChI is InChI=1S/C15H20O5/c1-11(2)6-7-19-15(17)10-20-13-5-4-12(9-16)8-14(13)18-3/h4-5,8-9,11H,6-7,10H2,1-3H3. The van der Waals surface area contributed by atoms with Gasteiger partial charge in [0.05, 0.1) is 13.7 Å². The van der Waals surface area contributed by atoms with Crippen molar-refractivity contribution in [2.75, 3.05) is 20.3 Å². The van der Waals surface area contributed by atoms with Crippen LogP contribution in [0.15, 0.2) is 18.2 Å². The normalized spacial score (nSPS) is 10.2. The van der Waals surface area contributed by atoms with Gasteiger partial charge in [-0.1, -0.05) is 13.8 Å². The minimum atomic E-state index is -0.424. The summed E-state index contributed by atoms with van der Waals surface area (Å²) in [6.45, 7) is 4.32. The number of hydrogen-bond acceptors (Lipinski definition) is 5. The predicted octanol–water partition coefficient (Wildman–Crippen LogP) is 2.48. The van der Waals surface area contributed by atoms with Gasteiger partial charge in [-0.15, -0.1) is 0 Å². The molecule has 0 fully saturated rings. The minimum Gasteiger partial charge on any atom is -0.493 e. The van der Waals surface area contributed by atoms with E-state index >= 15 is 0 Å². The molecule has 0 aliphatic carbocycles. The topological polar surface area (TPSA) is 61.8 Å². The smallest absolute Gasteiger partial charge is 0.344 e. The molecular weight excluding hydrogens is 260 g/mol. The van der Waals surface area contributed by atoms with Crippen LogP contribution in [0, 0.1) is 5.92 Å². The molecule has 1 rings (SSSR count). The zero-order valence-electron chi connectivity index (χ0n) is 12.0. The molecule has 0 radical (unpaired) electrons. The van der Waals surface area contributed by atoms with Crippen molar-refractivity contribution in [3.63, 3.8) is 0 Å². The van der Waals surface area contributed by atoms with Gasteiger partial charge in [-0.2, -0.15) is 0 Å². The quantitative estimate of drug-likeness (QED) is 0.541. The van der Waals surface area contributed by atoms with Crippen molar-refractivity contribution in [2.24, 2.45) is 5.92 Å². The molecule has 1 aromatic rings. The lowest BCUT2D eigenvalue weighted by Gasteiger charge is -2.11. The first-order chi connectivity index (χ1) is 9.56. The molecule has 0 aliphatic heterocycles. The fraction of sp³-hybridized carbons (Fsp3) is 0.467. The van der Waals surface area contributed by atoms with Crippen LogP contribution < -0.4 is 9.47 Å². The van der Waals surface area contributed by atoms with Gasteiger partial charge in [0.2, 0.25) is 0 Å². The highest BCUT2D eigenvalue weighted by molar-refractivity contribution is 5.76. The number of carbonyl (C=O) groups is 2. The van der Waals surface area contributed by atoms with E-state index in [1.165, 1.54) is 7.11 Å². The summed E-state index contributed by atoms with van der Waals surface area (Å²) in [4.78, 5) is 22.1. The number of esters is 1. The van der Waals surface area contributed by atoms with E-state index in [1.54, 1.807) is 18.2 Å². The van der Waals surface area contributed by atoms with Gasteiger partial charge in [0.15, 0.2) is 18.1 Å². The monoisotopic (exact) mass is 280 g/mol. The molecule has 1 aromatic carbocycles. The molecule has 5 heteroatoms. The van der Waals surface area contributed by atoms with Crippen molar-refractivity contribution in [3.8, 4) is 11.5 Å². The first kappa shape index (κ1) is 16.0. The number of carbonyl (C=O) groups excluding carboxylic acids is 2. The van der Waals surface area contributed by atoms with Gasteiger partial charge >= 0.3 is 5.97 Å². The molecule has 0 saturated heterocycles. The van der Waals surface area contributed by atoms with Gasteiger partial charge in [-0.05, 0) is 30.5 Å². The number of benzene rings is 1. The van der Waals surface area contributed by atoms with E-state index in [0.717, 1.165) is 6.42 Å². The molecule has 0 unspecified atom stereocenters. The number of methoxy groups -OCH3 is 1. The number of hydrogen-bond donors (Lipinski definition) is 0. The van der Waals surface area contributed by atoms with Crippen molar-refractivity contribution >= 4 is 12.3 Å². The summed E-state index contributed by atoms with van der Waals surface area (Å²) in [6.07, 6.45) is 1.54. The van der Waals surface area contributed by atoms with Crippen LogP contribution in [0.1, 0.15) is 30.6 Å². The SMILES string of the molecule is COc1cc(C=O)ccc1OCC(=O)OCCC(C)C. The van der Waals surface area contributed by atoms with E-state index in [9.17, 15) is 9.59 Å². The third kappa shape index (κ3) is 5.30. The second kappa shape index (κ2) is 8.19. The van der Waals surface area contributed by atoms with Crippen molar-refractivity contribution in [1.82, 2.24) is 0 Å². The lowest BCUT2D eigenvalue weighted by atomic mass is 10.1. The Hall–Kier alpha value is -2.04. The molecular formula is C15H20O5. The Kier molecular flexibility index (Phi) is 6.56. The summed E-state index contributed by atoms with van der Waals surface area (Å²) >= 11 is 0. The Morgan fingerprint density at radius 3 is 2.65 bits per heavy atom. The highest BCUT2D eigenvalue weighted by Crippen LogP contribution is 2.27. The van der Waals surface area contributed by atoms with Crippen LogP contribution in [0.2, 0.25) is 0 Å². The molecule has 0 saturated carbocycles. The largest absolute Gasteiger partial charge is 0.493 e. The zero-order valence-corrected chi connectivity index (χ0v) is 12.0. The second-order valence-electron chi connectivity index (χ2n) is 4.72. The number of rotatable bonds is 8. The molecule has 5 nitrogen and oxygen atoms in total. The molecule has 0 N–H and O–H groups in total. The van der Waals surface area contributed by atoms with Gasteiger partial charge in [-0.25, -0.2) is 4.79 Å². The van der Waals surface area contributed by atoms with Crippen molar-refractivity contribution in [1.29, 1.82) is 0 Å². The molecule has 20 heavy (non-hydrogen) atoms. The molecule has 0 heterocycles. The molecule has 0 atom stereocenters. The minimum absolute atomic E-state index is 0.186. The lowest BCUT2D eigenvalue weighted by Crippen LogP contribution is -2.16. The van der Waals surface area contributed by atoms with Gasteiger partial charge in [-0.3, -0.25) is 4.79 Å². The molecule has 0 aliphatic rings. The Balaban J connectivity index is 2.48. The molecule has 0 aromatic heterocycles. The highest BCUT2D eigenvalue weighted by atomic mass is 16.6. The van der Waals surface area contributed by atoms with E-state index in [1.807, 2.05) is 0 Å².